The number of nitrogens with zero attached hydrogens (tertiary/aromatic N) is 2. The molecule has 108 valence electrons. The Kier molecular flexibility index (Phi) is 2.82. The molecular formula is C19H17N3. The fourth-order valence-electron chi connectivity index (χ4n) is 3.60. The number of rotatable bonds is 1. The SMILES string of the molecule is CN1Cc2ccccc2C(C#N)(c2cc3ccccc3[nH]2)C1. The summed E-state index contributed by atoms with van der Waals surface area (Å²) >= 11 is 0. The monoisotopic (exact) mass is 287 g/mol. The zero-order valence-electron chi connectivity index (χ0n) is 12.5. The molecule has 1 atom stereocenters. The van der Waals surface area contributed by atoms with Crippen LogP contribution in [0.3, 0.4) is 0 Å². The lowest BCUT2D eigenvalue weighted by Gasteiger charge is -2.37. The summed E-state index contributed by atoms with van der Waals surface area (Å²) in [4.78, 5) is 5.69. The highest BCUT2D eigenvalue weighted by molar-refractivity contribution is 5.81. The summed E-state index contributed by atoms with van der Waals surface area (Å²) in [7, 11) is 2.07. The Morgan fingerprint density at radius 3 is 2.73 bits per heavy atom. The summed E-state index contributed by atoms with van der Waals surface area (Å²) in [6, 6.07) is 21.2. The Morgan fingerprint density at radius 1 is 1.14 bits per heavy atom. The number of hydrogen-bond acceptors (Lipinski definition) is 2. The van der Waals surface area contributed by atoms with E-state index < -0.39 is 5.41 Å². The number of nitriles is 1. The zero-order chi connectivity index (χ0) is 15.2. The van der Waals surface area contributed by atoms with E-state index in [0.717, 1.165) is 28.7 Å². The predicted molar refractivity (Wildman–Crippen MR) is 87.5 cm³/mol. The van der Waals surface area contributed by atoms with Gasteiger partial charge in [0.1, 0.15) is 5.41 Å². The standard InChI is InChI=1S/C19H17N3/c1-22-11-15-7-2-4-8-16(15)19(12-20,13-22)18-10-14-6-3-5-9-17(14)21-18/h2-10,21H,11,13H2,1H3. The van der Waals surface area contributed by atoms with Crippen molar-refractivity contribution < 1.29 is 0 Å². The second-order valence-electron chi connectivity index (χ2n) is 6.12. The topological polar surface area (TPSA) is 42.8 Å². The number of nitrogens with one attached hydrogen (secondary N) is 1. The van der Waals surface area contributed by atoms with Crippen LogP contribution in [0.1, 0.15) is 16.8 Å². The third-order valence-corrected chi connectivity index (χ3v) is 4.61. The first-order chi connectivity index (χ1) is 10.7. The lowest BCUT2D eigenvalue weighted by Crippen LogP contribution is -2.44. The minimum atomic E-state index is -0.636. The maximum Gasteiger partial charge on any atom is 0.135 e. The van der Waals surface area contributed by atoms with E-state index in [2.05, 4.69) is 53.3 Å². The zero-order valence-corrected chi connectivity index (χ0v) is 12.5. The average molecular weight is 287 g/mol. The van der Waals surface area contributed by atoms with Crippen LogP contribution in [-0.4, -0.2) is 23.5 Å². The number of benzene rings is 2. The van der Waals surface area contributed by atoms with Gasteiger partial charge in [0, 0.05) is 24.3 Å². The van der Waals surface area contributed by atoms with Crippen LogP contribution in [0.25, 0.3) is 10.9 Å². The summed E-state index contributed by atoms with van der Waals surface area (Å²) in [6.07, 6.45) is 0. The lowest BCUT2D eigenvalue weighted by molar-refractivity contribution is 0.265. The maximum atomic E-state index is 10.1. The molecule has 3 nitrogen and oxygen atoms in total. The molecule has 1 aromatic heterocycles. The van der Waals surface area contributed by atoms with Gasteiger partial charge in [0.25, 0.3) is 0 Å². The Hall–Kier alpha value is -2.57. The van der Waals surface area contributed by atoms with Crippen molar-refractivity contribution in [3.63, 3.8) is 0 Å². The molecule has 22 heavy (non-hydrogen) atoms. The van der Waals surface area contributed by atoms with Crippen molar-refractivity contribution in [2.45, 2.75) is 12.0 Å². The predicted octanol–water partition coefficient (Wildman–Crippen LogP) is 3.42. The van der Waals surface area contributed by atoms with E-state index in [1.807, 2.05) is 24.3 Å². The largest absolute Gasteiger partial charge is 0.357 e. The van der Waals surface area contributed by atoms with Crippen LogP contribution in [0.4, 0.5) is 0 Å². The molecule has 2 aromatic carbocycles. The molecule has 1 N–H and O–H groups in total. The molecule has 4 rings (SSSR count). The number of hydrogen-bond donors (Lipinski definition) is 1. The molecule has 0 bridgehead atoms. The van der Waals surface area contributed by atoms with Gasteiger partial charge in [-0.1, -0.05) is 42.5 Å². The van der Waals surface area contributed by atoms with Gasteiger partial charge in [0.15, 0.2) is 0 Å². The number of H-pyrrole nitrogens is 1. The van der Waals surface area contributed by atoms with Gasteiger partial charge < -0.3 is 4.98 Å². The number of para-hydroxylation sites is 1. The summed E-state index contributed by atoms with van der Waals surface area (Å²) in [5.74, 6) is 0. The Labute approximate surface area is 129 Å². The number of aromatic nitrogens is 1. The Balaban J connectivity index is 1.99. The molecule has 0 amide bonds. The minimum absolute atomic E-state index is 0.636. The third-order valence-electron chi connectivity index (χ3n) is 4.61. The second kappa shape index (κ2) is 4.72. The van der Waals surface area contributed by atoms with Gasteiger partial charge in [-0.05, 0) is 35.7 Å². The fraction of sp³-hybridized carbons (Fsp3) is 0.211. The van der Waals surface area contributed by atoms with Crippen molar-refractivity contribution in [2.75, 3.05) is 13.6 Å². The molecule has 0 saturated carbocycles. The van der Waals surface area contributed by atoms with Crippen molar-refractivity contribution in [3.05, 3.63) is 71.4 Å². The molecule has 0 spiro atoms. The van der Waals surface area contributed by atoms with Gasteiger partial charge in [-0.25, -0.2) is 0 Å². The van der Waals surface area contributed by atoms with E-state index in [4.69, 9.17) is 0 Å². The van der Waals surface area contributed by atoms with Crippen molar-refractivity contribution in [1.29, 1.82) is 5.26 Å². The highest BCUT2D eigenvalue weighted by atomic mass is 15.1. The minimum Gasteiger partial charge on any atom is -0.357 e. The molecule has 0 aliphatic carbocycles. The Bertz CT molecular complexity index is 854. The van der Waals surface area contributed by atoms with Crippen molar-refractivity contribution >= 4 is 10.9 Å². The average Bonchev–Trinajstić information content (AvgIpc) is 2.98. The molecule has 0 saturated heterocycles. The third kappa shape index (κ3) is 1.78. The summed E-state index contributed by atoms with van der Waals surface area (Å²) < 4.78 is 0. The van der Waals surface area contributed by atoms with Crippen LogP contribution in [0.2, 0.25) is 0 Å². The summed E-state index contributed by atoms with van der Waals surface area (Å²) in [6.45, 7) is 1.59. The fourth-order valence-corrected chi connectivity index (χ4v) is 3.60. The first-order valence-electron chi connectivity index (χ1n) is 7.49. The molecule has 3 aromatic rings. The van der Waals surface area contributed by atoms with Crippen molar-refractivity contribution in [2.24, 2.45) is 0 Å². The first-order valence-corrected chi connectivity index (χ1v) is 7.49. The quantitative estimate of drug-likeness (QED) is 0.745. The Morgan fingerprint density at radius 2 is 1.91 bits per heavy atom. The van der Waals surface area contributed by atoms with Crippen LogP contribution in [0.5, 0.6) is 0 Å². The molecule has 0 radical (unpaired) electrons. The van der Waals surface area contributed by atoms with E-state index in [1.165, 1.54) is 5.56 Å². The molecule has 1 unspecified atom stereocenters. The number of likely N-dealkylation sites (N-methyl/N-ethyl adjacent to an activating group) is 1. The lowest BCUT2D eigenvalue weighted by atomic mass is 9.74. The van der Waals surface area contributed by atoms with Crippen molar-refractivity contribution in [3.8, 4) is 6.07 Å². The van der Waals surface area contributed by atoms with Crippen LogP contribution < -0.4 is 0 Å². The van der Waals surface area contributed by atoms with Gasteiger partial charge in [-0.15, -0.1) is 0 Å². The first kappa shape index (κ1) is 13.1. The van der Waals surface area contributed by atoms with Crippen LogP contribution in [0.15, 0.2) is 54.6 Å². The molecule has 1 aliphatic rings. The summed E-state index contributed by atoms with van der Waals surface area (Å²) in [5.41, 5.74) is 3.79. The van der Waals surface area contributed by atoms with Gasteiger partial charge in [0.2, 0.25) is 0 Å². The molecule has 0 fully saturated rings. The summed E-state index contributed by atoms with van der Waals surface area (Å²) in [5, 5.41) is 11.2. The van der Waals surface area contributed by atoms with E-state index in [1.54, 1.807) is 0 Å². The smallest absolute Gasteiger partial charge is 0.135 e. The van der Waals surface area contributed by atoms with Crippen LogP contribution >= 0.6 is 0 Å². The van der Waals surface area contributed by atoms with Gasteiger partial charge in [-0.3, -0.25) is 4.90 Å². The maximum absolute atomic E-state index is 10.1. The van der Waals surface area contributed by atoms with E-state index >= 15 is 0 Å². The normalized spacial score (nSPS) is 21.5. The van der Waals surface area contributed by atoms with E-state index in [0.29, 0.717) is 6.54 Å². The molecular weight excluding hydrogens is 270 g/mol. The van der Waals surface area contributed by atoms with Crippen LogP contribution in [-0.2, 0) is 12.0 Å². The molecule has 1 aliphatic heterocycles. The number of aromatic amines is 1. The van der Waals surface area contributed by atoms with Crippen molar-refractivity contribution in [1.82, 2.24) is 9.88 Å². The molecule has 3 heteroatoms. The van der Waals surface area contributed by atoms with Gasteiger partial charge in [0.05, 0.1) is 6.07 Å². The van der Waals surface area contributed by atoms with Crippen LogP contribution in [0, 0.1) is 11.3 Å². The van der Waals surface area contributed by atoms with Gasteiger partial charge >= 0.3 is 0 Å². The van der Waals surface area contributed by atoms with Gasteiger partial charge in [-0.2, -0.15) is 5.26 Å². The van der Waals surface area contributed by atoms with E-state index in [9.17, 15) is 5.26 Å². The second-order valence-corrected chi connectivity index (χ2v) is 6.12. The van der Waals surface area contributed by atoms with E-state index in [-0.39, 0.29) is 0 Å². The number of fused-ring (bicyclic) bond motifs is 2. The highest BCUT2D eigenvalue weighted by Gasteiger charge is 2.41. The highest BCUT2D eigenvalue weighted by Crippen LogP contribution is 2.39. The molecule has 2 heterocycles.